The molecule has 0 amide bonds. The topological polar surface area (TPSA) is 38.9 Å². The molecule has 0 unspecified atom stereocenters. The average Bonchev–Trinajstić information content (AvgIpc) is 3.39. The van der Waals surface area contributed by atoms with Crippen molar-refractivity contribution in [3.05, 3.63) is 140 Å². The molecule has 3 heterocycles. The number of benzene rings is 4. The summed E-state index contributed by atoms with van der Waals surface area (Å²) in [6, 6.07) is 45.4. The van der Waals surface area contributed by atoms with Gasteiger partial charge in [0, 0.05) is 31.7 Å². The van der Waals surface area contributed by atoms with Crippen LogP contribution in [0.3, 0.4) is 0 Å². The Morgan fingerprint density at radius 2 is 1.40 bits per heavy atom. The molecule has 0 N–H and O–H groups in total. The fraction of sp³-hybridized carbons (Fsp3) is 0.0811. The molecule has 0 spiro atoms. The number of furan rings is 1. The molecule has 3 nitrogen and oxygen atoms in total. The number of rotatable bonds is 4. The van der Waals surface area contributed by atoms with E-state index in [9.17, 15) is 0 Å². The van der Waals surface area contributed by atoms with Gasteiger partial charge >= 0.3 is 99.8 Å². The summed E-state index contributed by atoms with van der Waals surface area (Å²) in [6.07, 6.45) is 3.84. The molecular weight excluding hydrogens is 753 g/mol. The minimum absolute atomic E-state index is 0. The number of nitrogens with zero attached hydrogens (tertiary/aromatic N) is 2. The van der Waals surface area contributed by atoms with E-state index in [4.69, 9.17) is 4.42 Å². The first-order valence-electron chi connectivity index (χ1n) is 13.7. The van der Waals surface area contributed by atoms with Crippen LogP contribution in [0.5, 0.6) is 0 Å². The Morgan fingerprint density at radius 3 is 2.10 bits per heavy atom. The van der Waals surface area contributed by atoms with E-state index < -0.39 is 13.3 Å². The quantitative estimate of drug-likeness (QED) is 0.132. The second-order valence-electron chi connectivity index (χ2n) is 11.0. The van der Waals surface area contributed by atoms with Crippen molar-refractivity contribution in [2.75, 3.05) is 0 Å². The number of aromatic nitrogens is 2. The predicted molar refractivity (Wildman–Crippen MR) is 173 cm³/mol. The standard InChI is InChI=1S/C23H14NO.C14H16GeN.Ir/c1-2-6-16(7-3-1)17-9-11-19-20-14-18(21-8-4-5-13-24-21)10-12-22(20)25-23(19)15-17;1-15(2,3)13-9-10-14(16-11-13)12-7-5-4-6-8-12;/h1-9,11-15H;4-7,9-11H,1-3H3;/q2*-1;. The predicted octanol–water partition coefficient (Wildman–Crippen LogP) is 9.21. The van der Waals surface area contributed by atoms with Gasteiger partial charge < -0.3 is 9.40 Å². The van der Waals surface area contributed by atoms with E-state index in [1.54, 1.807) is 6.20 Å². The Morgan fingerprint density at radius 1 is 0.619 bits per heavy atom. The molecule has 0 atom stereocenters. The summed E-state index contributed by atoms with van der Waals surface area (Å²) in [5.74, 6) is 7.14. The summed E-state index contributed by atoms with van der Waals surface area (Å²) in [7, 11) is 0. The first-order valence-corrected chi connectivity index (χ1v) is 21.1. The van der Waals surface area contributed by atoms with Gasteiger partial charge in [0.2, 0.25) is 0 Å². The van der Waals surface area contributed by atoms with E-state index in [0.29, 0.717) is 0 Å². The smallest absolute Gasteiger partial charge is 0.121 e. The van der Waals surface area contributed by atoms with Crippen molar-refractivity contribution in [2.45, 2.75) is 17.3 Å². The van der Waals surface area contributed by atoms with Crippen LogP contribution in [0.2, 0.25) is 17.3 Å². The van der Waals surface area contributed by atoms with Gasteiger partial charge in [-0.1, -0.05) is 60.0 Å². The van der Waals surface area contributed by atoms with E-state index in [-0.39, 0.29) is 20.1 Å². The Balaban J connectivity index is 0.000000181. The first kappa shape index (κ1) is 29.7. The maximum absolute atomic E-state index is 6.05. The fourth-order valence-electron chi connectivity index (χ4n) is 4.75. The molecular formula is C37H30GeIrN2O-2. The van der Waals surface area contributed by atoms with Gasteiger partial charge in [-0.3, -0.25) is 0 Å². The second-order valence-corrected chi connectivity index (χ2v) is 21.6. The maximum Gasteiger partial charge on any atom is 0.121 e. The molecule has 5 heteroatoms. The zero-order valence-corrected chi connectivity index (χ0v) is 28.3. The van der Waals surface area contributed by atoms with Crippen molar-refractivity contribution < 1.29 is 24.5 Å². The van der Waals surface area contributed by atoms with Crippen molar-refractivity contribution in [2.24, 2.45) is 0 Å². The monoisotopic (exact) mass is 785 g/mol. The van der Waals surface area contributed by atoms with Crippen LogP contribution >= 0.6 is 0 Å². The molecule has 0 saturated carbocycles. The van der Waals surface area contributed by atoms with Gasteiger partial charge in [0.05, 0.1) is 5.58 Å². The second kappa shape index (κ2) is 13.0. The summed E-state index contributed by atoms with van der Waals surface area (Å²) in [6.45, 7) is 0. The van der Waals surface area contributed by atoms with Crippen LogP contribution in [-0.2, 0) is 20.1 Å². The van der Waals surface area contributed by atoms with Crippen LogP contribution in [0.25, 0.3) is 55.6 Å². The first-order chi connectivity index (χ1) is 20.0. The van der Waals surface area contributed by atoms with Gasteiger partial charge in [0.1, 0.15) is 5.58 Å². The molecule has 0 saturated heterocycles. The van der Waals surface area contributed by atoms with Crippen LogP contribution in [0.1, 0.15) is 0 Å². The largest absolute Gasteiger partial charge is 0.500 e. The van der Waals surface area contributed by atoms with Gasteiger partial charge in [-0.25, -0.2) is 0 Å². The van der Waals surface area contributed by atoms with Gasteiger partial charge in [0.25, 0.3) is 0 Å². The maximum atomic E-state index is 6.05. The molecule has 209 valence electrons. The molecule has 0 aliphatic carbocycles. The van der Waals surface area contributed by atoms with Crippen molar-refractivity contribution in [1.82, 2.24) is 9.97 Å². The van der Waals surface area contributed by atoms with Gasteiger partial charge in [-0.2, -0.15) is 0 Å². The minimum atomic E-state index is -1.72. The zero-order valence-electron chi connectivity index (χ0n) is 23.8. The van der Waals surface area contributed by atoms with Gasteiger partial charge in [-0.15, -0.1) is 23.8 Å². The molecule has 4 aromatic carbocycles. The number of hydrogen-bond acceptors (Lipinski definition) is 3. The number of pyridine rings is 2. The van der Waals surface area contributed by atoms with Crippen molar-refractivity contribution >= 4 is 39.6 Å². The van der Waals surface area contributed by atoms with E-state index in [0.717, 1.165) is 50.0 Å². The normalized spacial score (nSPS) is 11.0. The van der Waals surface area contributed by atoms with Crippen molar-refractivity contribution in [1.29, 1.82) is 0 Å². The molecule has 0 fully saturated rings. The molecule has 3 aromatic heterocycles. The van der Waals surface area contributed by atoms with Gasteiger partial charge in [0.15, 0.2) is 0 Å². The van der Waals surface area contributed by atoms with E-state index in [2.05, 4.69) is 87.9 Å². The molecule has 7 rings (SSSR count). The fourth-order valence-corrected chi connectivity index (χ4v) is 6.92. The molecule has 42 heavy (non-hydrogen) atoms. The summed E-state index contributed by atoms with van der Waals surface area (Å²) in [5.41, 5.74) is 8.04. The van der Waals surface area contributed by atoms with E-state index in [1.165, 1.54) is 9.96 Å². The Bertz CT molecular complexity index is 1900. The average molecular weight is 783 g/mol. The summed E-state index contributed by atoms with van der Waals surface area (Å²) >= 11 is -1.72. The summed E-state index contributed by atoms with van der Waals surface area (Å²) in [4.78, 5) is 8.94. The van der Waals surface area contributed by atoms with Crippen LogP contribution in [-0.4, -0.2) is 23.2 Å². The number of fused-ring (bicyclic) bond motifs is 3. The zero-order chi connectivity index (χ0) is 28.2. The Labute approximate surface area is 263 Å². The molecule has 0 aliphatic heterocycles. The van der Waals surface area contributed by atoms with Crippen LogP contribution in [0.4, 0.5) is 0 Å². The third kappa shape index (κ3) is 6.63. The SMILES string of the molecule is [CH3][Ge]([CH3])([CH3])[c]1ccc(-c2[c-]cccc2)nc1.[Ir].[c-]1cc2oc3cc(-c4ccccc4)ccc3c2cc1-c1ccccn1. The van der Waals surface area contributed by atoms with Crippen molar-refractivity contribution in [3.8, 4) is 33.6 Å². The third-order valence-electron chi connectivity index (χ3n) is 7.07. The third-order valence-corrected chi connectivity index (χ3v) is 11.3. The summed E-state index contributed by atoms with van der Waals surface area (Å²) in [5, 5.41) is 2.20. The molecule has 7 aromatic rings. The van der Waals surface area contributed by atoms with Crippen LogP contribution in [0, 0.1) is 12.1 Å². The minimum Gasteiger partial charge on any atom is -0.500 e. The molecule has 0 aliphatic rings. The van der Waals surface area contributed by atoms with Gasteiger partial charge in [-0.05, 0) is 29.0 Å². The van der Waals surface area contributed by atoms with E-state index in [1.807, 2.05) is 72.9 Å². The Hall–Kier alpha value is -3.83. The van der Waals surface area contributed by atoms with E-state index >= 15 is 0 Å². The molecule has 0 bridgehead atoms. The molecule has 1 radical (unpaired) electrons. The van der Waals surface area contributed by atoms with Crippen LogP contribution < -0.4 is 4.40 Å². The van der Waals surface area contributed by atoms with Crippen LogP contribution in [0.15, 0.2) is 132 Å². The summed E-state index contributed by atoms with van der Waals surface area (Å²) < 4.78 is 7.50. The number of hydrogen-bond donors (Lipinski definition) is 0. The van der Waals surface area contributed by atoms with Crippen molar-refractivity contribution in [3.63, 3.8) is 0 Å². The Kier molecular flexibility index (Phi) is 9.18.